The maximum absolute atomic E-state index is 13.2. The second-order valence-electron chi connectivity index (χ2n) is 6.46. The molecule has 1 aliphatic heterocycles. The highest BCUT2D eigenvalue weighted by molar-refractivity contribution is 5.78. The summed E-state index contributed by atoms with van der Waals surface area (Å²) in [7, 11) is 0. The first kappa shape index (κ1) is 17.4. The van der Waals surface area contributed by atoms with Crippen molar-refractivity contribution in [2.45, 2.75) is 25.7 Å². The van der Waals surface area contributed by atoms with E-state index in [0.29, 0.717) is 12.5 Å². The van der Waals surface area contributed by atoms with Crippen molar-refractivity contribution >= 4 is 5.91 Å². The maximum Gasteiger partial charge on any atom is 0.226 e. The third kappa shape index (κ3) is 5.28. The lowest BCUT2D eigenvalue weighted by atomic mass is 9.93. The fraction of sp³-hybridized carbons (Fsp3) is 0.400. The minimum Gasteiger partial charge on any atom is -0.492 e. The Morgan fingerprint density at radius 3 is 2.80 bits per heavy atom. The number of carbonyl (C=O) groups is 1. The van der Waals surface area contributed by atoms with Gasteiger partial charge < -0.3 is 9.64 Å². The first-order valence-corrected chi connectivity index (χ1v) is 8.76. The van der Waals surface area contributed by atoms with Crippen molar-refractivity contribution in [1.29, 1.82) is 0 Å². The number of benzene rings is 1. The number of ether oxygens (including phenoxy) is 1. The number of carbonyl (C=O) groups excluding carboxylic acids is 1. The minimum atomic E-state index is -0.294. The Labute approximate surface area is 147 Å². The molecule has 0 bridgehead atoms. The Kier molecular flexibility index (Phi) is 5.99. The van der Waals surface area contributed by atoms with Gasteiger partial charge in [-0.15, -0.1) is 0 Å². The van der Waals surface area contributed by atoms with Gasteiger partial charge in [0.2, 0.25) is 5.91 Å². The monoisotopic (exact) mass is 342 g/mol. The molecular weight excluding hydrogens is 319 g/mol. The lowest BCUT2D eigenvalue weighted by Crippen LogP contribution is -2.39. The molecule has 0 radical (unpaired) electrons. The molecule has 25 heavy (non-hydrogen) atoms. The number of aromatic nitrogens is 1. The van der Waals surface area contributed by atoms with E-state index in [1.165, 1.54) is 12.1 Å². The van der Waals surface area contributed by atoms with Crippen LogP contribution in [-0.2, 0) is 11.2 Å². The van der Waals surface area contributed by atoms with Crippen LogP contribution in [0, 0.1) is 11.7 Å². The first-order valence-electron chi connectivity index (χ1n) is 8.76. The van der Waals surface area contributed by atoms with E-state index in [1.54, 1.807) is 24.5 Å². The van der Waals surface area contributed by atoms with E-state index in [9.17, 15) is 9.18 Å². The van der Waals surface area contributed by atoms with Gasteiger partial charge in [0.1, 0.15) is 11.6 Å². The van der Waals surface area contributed by atoms with E-state index in [0.717, 1.165) is 43.7 Å². The summed E-state index contributed by atoms with van der Waals surface area (Å²) in [5.41, 5.74) is 0.733. The zero-order valence-corrected chi connectivity index (χ0v) is 14.2. The van der Waals surface area contributed by atoms with Crippen molar-refractivity contribution in [3.8, 4) is 5.75 Å². The predicted octanol–water partition coefficient (Wildman–Crippen LogP) is 3.47. The summed E-state index contributed by atoms with van der Waals surface area (Å²) in [6, 6.07) is 10.0. The number of rotatable bonds is 6. The quantitative estimate of drug-likeness (QED) is 0.807. The van der Waals surface area contributed by atoms with Crippen LogP contribution in [0.1, 0.15) is 24.8 Å². The van der Waals surface area contributed by atoms with Crippen molar-refractivity contribution < 1.29 is 13.9 Å². The Morgan fingerprint density at radius 1 is 1.24 bits per heavy atom. The van der Waals surface area contributed by atoms with Gasteiger partial charge in [0, 0.05) is 19.3 Å². The maximum atomic E-state index is 13.2. The number of piperidine rings is 1. The van der Waals surface area contributed by atoms with Crippen LogP contribution in [0.2, 0.25) is 0 Å². The summed E-state index contributed by atoms with van der Waals surface area (Å²) >= 11 is 0. The molecule has 0 spiro atoms. The third-order valence-electron chi connectivity index (χ3n) is 4.64. The molecular formula is C20H23FN2O2. The van der Waals surface area contributed by atoms with Crippen LogP contribution in [0.4, 0.5) is 4.39 Å². The Hall–Kier alpha value is -2.43. The van der Waals surface area contributed by atoms with Crippen LogP contribution in [0.3, 0.4) is 0 Å². The molecule has 4 nitrogen and oxygen atoms in total. The topological polar surface area (TPSA) is 42.4 Å². The van der Waals surface area contributed by atoms with E-state index in [4.69, 9.17) is 4.74 Å². The van der Waals surface area contributed by atoms with Crippen molar-refractivity contribution in [3.05, 3.63) is 60.2 Å². The Bertz CT molecular complexity index is 685. The SMILES string of the molecule is O=C(Cc1cccc(F)c1)N1CCC(CCOc2cccnc2)CC1. The van der Waals surface area contributed by atoms with Crippen molar-refractivity contribution in [2.75, 3.05) is 19.7 Å². The van der Waals surface area contributed by atoms with Crippen molar-refractivity contribution in [1.82, 2.24) is 9.88 Å². The van der Waals surface area contributed by atoms with Crippen molar-refractivity contribution in [2.24, 2.45) is 5.92 Å². The summed E-state index contributed by atoms with van der Waals surface area (Å²) < 4.78 is 18.9. The number of pyridine rings is 1. The molecule has 1 fully saturated rings. The van der Waals surface area contributed by atoms with Crippen LogP contribution >= 0.6 is 0 Å². The molecule has 1 aromatic heterocycles. The number of hydrogen-bond acceptors (Lipinski definition) is 3. The predicted molar refractivity (Wildman–Crippen MR) is 93.8 cm³/mol. The smallest absolute Gasteiger partial charge is 0.226 e. The van der Waals surface area contributed by atoms with Gasteiger partial charge in [0.25, 0.3) is 0 Å². The lowest BCUT2D eigenvalue weighted by Gasteiger charge is -2.32. The number of amides is 1. The van der Waals surface area contributed by atoms with Crippen molar-refractivity contribution in [3.63, 3.8) is 0 Å². The number of halogens is 1. The van der Waals surface area contributed by atoms with E-state index in [2.05, 4.69) is 4.98 Å². The molecule has 1 amide bonds. The molecule has 0 atom stereocenters. The van der Waals surface area contributed by atoms with E-state index >= 15 is 0 Å². The second-order valence-corrected chi connectivity index (χ2v) is 6.46. The lowest BCUT2D eigenvalue weighted by molar-refractivity contribution is -0.131. The van der Waals surface area contributed by atoms with Gasteiger partial charge in [-0.1, -0.05) is 12.1 Å². The zero-order chi connectivity index (χ0) is 17.5. The van der Waals surface area contributed by atoms with Gasteiger partial charge >= 0.3 is 0 Å². The van der Waals surface area contributed by atoms with E-state index < -0.39 is 0 Å². The summed E-state index contributed by atoms with van der Waals surface area (Å²) in [4.78, 5) is 18.3. The Morgan fingerprint density at radius 2 is 2.08 bits per heavy atom. The first-order chi connectivity index (χ1) is 12.2. The molecule has 5 heteroatoms. The molecule has 0 saturated carbocycles. The molecule has 2 heterocycles. The Balaban J connectivity index is 1.38. The number of likely N-dealkylation sites (tertiary alicyclic amines) is 1. The van der Waals surface area contributed by atoms with Gasteiger partial charge in [0.15, 0.2) is 0 Å². The standard InChI is InChI=1S/C20H23FN2O2/c21-18-4-1-3-17(13-18)14-20(24)23-10-6-16(7-11-23)8-12-25-19-5-2-9-22-15-19/h1-5,9,13,15-16H,6-8,10-12,14H2. The molecule has 0 unspecified atom stereocenters. The van der Waals surface area contributed by atoms with E-state index in [-0.39, 0.29) is 18.1 Å². The van der Waals surface area contributed by atoms with Crippen LogP contribution in [0.25, 0.3) is 0 Å². The molecule has 132 valence electrons. The van der Waals surface area contributed by atoms with Gasteiger partial charge in [0.05, 0.1) is 19.2 Å². The third-order valence-corrected chi connectivity index (χ3v) is 4.64. The fourth-order valence-corrected chi connectivity index (χ4v) is 3.18. The highest BCUT2D eigenvalue weighted by Crippen LogP contribution is 2.21. The summed E-state index contributed by atoms with van der Waals surface area (Å²) in [6.45, 7) is 2.21. The average Bonchev–Trinajstić information content (AvgIpc) is 2.63. The molecule has 2 aromatic rings. The van der Waals surface area contributed by atoms with Gasteiger partial charge in [-0.25, -0.2) is 4.39 Å². The highest BCUT2D eigenvalue weighted by Gasteiger charge is 2.22. The highest BCUT2D eigenvalue weighted by atomic mass is 19.1. The van der Waals surface area contributed by atoms with Gasteiger partial charge in [-0.05, 0) is 55.0 Å². The molecule has 1 aliphatic rings. The summed E-state index contributed by atoms with van der Waals surface area (Å²) in [5, 5.41) is 0. The molecule has 0 aliphatic carbocycles. The molecule has 3 rings (SSSR count). The molecule has 1 saturated heterocycles. The van der Waals surface area contributed by atoms with Gasteiger partial charge in [-0.2, -0.15) is 0 Å². The largest absolute Gasteiger partial charge is 0.492 e. The fourth-order valence-electron chi connectivity index (χ4n) is 3.18. The number of hydrogen-bond donors (Lipinski definition) is 0. The average molecular weight is 342 g/mol. The van der Waals surface area contributed by atoms with Gasteiger partial charge in [-0.3, -0.25) is 9.78 Å². The number of nitrogens with zero attached hydrogens (tertiary/aromatic N) is 2. The zero-order valence-electron chi connectivity index (χ0n) is 14.2. The molecule has 0 N–H and O–H groups in total. The van der Waals surface area contributed by atoms with Crippen LogP contribution < -0.4 is 4.74 Å². The van der Waals surface area contributed by atoms with Crippen LogP contribution in [0.5, 0.6) is 5.75 Å². The van der Waals surface area contributed by atoms with Crippen LogP contribution in [0.15, 0.2) is 48.8 Å². The van der Waals surface area contributed by atoms with E-state index in [1.807, 2.05) is 17.0 Å². The summed E-state index contributed by atoms with van der Waals surface area (Å²) in [6.07, 6.45) is 6.68. The van der Waals surface area contributed by atoms with Crippen LogP contribution in [-0.4, -0.2) is 35.5 Å². The minimum absolute atomic E-state index is 0.0793. The molecule has 1 aromatic carbocycles. The normalized spacial score (nSPS) is 15.2. The second kappa shape index (κ2) is 8.60. The summed E-state index contributed by atoms with van der Waals surface area (Å²) in [5.74, 6) is 1.16.